The predicted molar refractivity (Wildman–Crippen MR) is 98.5 cm³/mol. The van der Waals surface area contributed by atoms with Crippen LogP contribution in [-0.4, -0.2) is 25.7 Å². The molecule has 0 spiro atoms. The van der Waals surface area contributed by atoms with Crippen LogP contribution < -0.4 is 10.9 Å². The van der Waals surface area contributed by atoms with Crippen molar-refractivity contribution >= 4 is 43.9 Å². The molecule has 0 saturated carbocycles. The summed E-state index contributed by atoms with van der Waals surface area (Å²) in [5, 5.41) is 12.7. The Hall–Kier alpha value is -2.13. The normalized spacial score (nSPS) is 14.6. The Morgan fingerprint density at radius 1 is 1.36 bits per heavy atom. The number of nitrogens with one attached hydrogen (secondary N) is 1. The van der Waals surface area contributed by atoms with Crippen LogP contribution in [0.5, 0.6) is 0 Å². The van der Waals surface area contributed by atoms with Crippen molar-refractivity contribution in [1.29, 1.82) is 0 Å². The van der Waals surface area contributed by atoms with Crippen LogP contribution in [0, 0.1) is 0 Å². The molecule has 3 aromatic heterocycles. The van der Waals surface area contributed by atoms with E-state index < -0.39 is 6.04 Å². The van der Waals surface area contributed by atoms with Crippen molar-refractivity contribution in [2.45, 2.75) is 45.6 Å². The molecule has 130 valence electrons. The number of hydrogen-bond donors (Lipinski definition) is 1. The van der Waals surface area contributed by atoms with E-state index >= 15 is 0 Å². The maximum atomic E-state index is 12.9. The van der Waals surface area contributed by atoms with E-state index in [2.05, 4.69) is 20.5 Å². The molecule has 9 heteroatoms. The molecule has 0 aliphatic heterocycles. The third kappa shape index (κ3) is 2.77. The van der Waals surface area contributed by atoms with Crippen LogP contribution in [0.25, 0.3) is 10.2 Å². The Bertz CT molecular complexity index is 1020. The Kier molecular flexibility index (Phi) is 4.12. The molecule has 0 radical (unpaired) electrons. The van der Waals surface area contributed by atoms with Gasteiger partial charge in [-0.1, -0.05) is 18.3 Å². The van der Waals surface area contributed by atoms with E-state index in [1.54, 1.807) is 18.3 Å². The molecule has 25 heavy (non-hydrogen) atoms. The van der Waals surface area contributed by atoms with Gasteiger partial charge in [0.1, 0.15) is 15.9 Å². The van der Waals surface area contributed by atoms with Crippen molar-refractivity contribution in [3.05, 3.63) is 32.1 Å². The number of amides is 1. The number of aromatic nitrogens is 4. The fraction of sp³-hybridized carbons (Fsp3) is 0.438. The van der Waals surface area contributed by atoms with E-state index in [0.29, 0.717) is 10.5 Å². The Balaban J connectivity index is 1.65. The summed E-state index contributed by atoms with van der Waals surface area (Å²) >= 11 is 2.94. The Morgan fingerprint density at radius 3 is 2.96 bits per heavy atom. The number of carbonyl (C=O) groups is 1. The van der Waals surface area contributed by atoms with Gasteiger partial charge in [-0.15, -0.1) is 21.5 Å². The minimum atomic E-state index is -0.671. The van der Waals surface area contributed by atoms with Crippen molar-refractivity contribution in [1.82, 2.24) is 19.7 Å². The Labute approximate surface area is 151 Å². The molecule has 4 rings (SSSR count). The van der Waals surface area contributed by atoms with Gasteiger partial charge in [-0.25, -0.2) is 4.98 Å². The summed E-state index contributed by atoms with van der Waals surface area (Å²) in [7, 11) is 0. The maximum Gasteiger partial charge on any atom is 0.263 e. The van der Waals surface area contributed by atoms with Crippen LogP contribution in [0.3, 0.4) is 0 Å². The maximum absolute atomic E-state index is 12.9. The van der Waals surface area contributed by atoms with Crippen molar-refractivity contribution in [3.8, 4) is 0 Å². The van der Waals surface area contributed by atoms with Crippen molar-refractivity contribution in [2.24, 2.45) is 0 Å². The van der Waals surface area contributed by atoms with Gasteiger partial charge in [-0.2, -0.15) is 0 Å². The van der Waals surface area contributed by atoms with Gasteiger partial charge in [0, 0.05) is 4.88 Å². The number of fused-ring (bicyclic) bond motifs is 3. The Morgan fingerprint density at radius 2 is 2.20 bits per heavy atom. The van der Waals surface area contributed by atoms with Crippen LogP contribution in [0.15, 0.2) is 11.1 Å². The number of anilines is 1. The van der Waals surface area contributed by atoms with Crippen molar-refractivity contribution in [3.63, 3.8) is 0 Å². The topological polar surface area (TPSA) is 89.8 Å². The molecular weight excluding hydrogens is 358 g/mol. The summed E-state index contributed by atoms with van der Waals surface area (Å²) in [6.07, 6.45) is 5.26. The molecule has 1 unspecified atom stereocenters. The van der Waals surface area contributed by atoms with Gasteiger partial charge in [0.15, 0.2) is 0 Å². The third-order valence-corrected chi connectivity index (χ3v) is 6.63. The van der Waals surface area contributed by atoms with Crippen LogP contribution in [0.2, 0.25) is 0 Å². The van der Waals surface area contributed by atoms with Gasteiger partial charge in [0.2, 0.25) is 11.0 Å². The monoisotopic (exact) mass is 375 g/mol. The lowest BCUT2D eigenvalue weighted by Crippen LogP contribution is -2.31. The number of aryl methyl sites for hydroxylation is 3. The fourth-order valence-corrected chi connectivity index (χ4v) is 4.96. The molecule has 1 N–H and O–H groups in total. The first kappa shape index (κ1) is 16.3. The van der Waals surface area contributed by atoms with Gasteiger partial charge in [-0.3, -0.25) is 19.5 Å². The number of thiophene rings is 1. The van der Waals surface area contributed by atoms with E-state index in [1.165, 1.54) is 27.1 Å². The summed E-state index contributed by atoms with van der Waals surface area (Å²) in [4.78, 5) is 31.9. The van der Waals surface area contributed by atoms with E-state index in [1.807, 2.05) is 6.92 Å². The second-order valence-corrected chi connectivity index (χ2v) is 8.16. The van der Waals surface area contributed by atoms with E-state index in [-0.39, 0.29) is 11.5 Å². The second-order valence-electron chi connectivity index (χ2n) is 6.01. The lowest BCUT2D eigenvalue weighted by Gasteiger charge is -2.13. The number of hydrogen-bond acceptors (Lipinski definition) is 7. The molecule has 3 aromatic rings. The van der Waals surface area contributed by atoms with Gasteiger partial charge < -0.3 is 0 Å². The van der Waals surface area contributed by atoms with Gasteiger partial charge >= 0.3 is 0 Å². The molecule has 1 aliphatic carbocycles. The number of rotatable bonds is 4. The van der Waals surface area contributed by atoms with E-state index in [4.69, 9.17) is 0 Å². The summed E-state index contributed by atoms with van der Waals surface area (Å²) < 4.78 is 1.41. The zero-order valence-corrected chi connectivity index (χ0v) is 15.5. The number of nitrogens with zero attached hydrogens (tertiary/aromatic N) is 4. The second kappa shape index (κ2) is 6.30. The predicted octanol–water partition coefficient (Wildman–Crippen LogP) is 2.56. The van der Waals surface area contributed by atoms with Crippen molar-refractivity contribution < 1.29 is 4.79 Å². The molecule has 0 saturated heterocycles. The van der Waals surface area contributed by atoms with Gasteiger partial charge in [-0.05, 0) is 38.2 Å². The summed E-state index contributed by atoms with van der Waals surface area (Å²) in [5.74, 6) is -0.297. The number of carbonyl (C=O) groups excluding carboxylic acids is 1. The quantitative estimate of drug-likeness (QED) is 0.757. The average Bonchev–Trinajstić information content (AvgIpc) is 3.29. The zero-order valence-electron chi connectivity index (χ0n) is 13.9. The first-order valence-electron chi connectivity index (χ1n) is 8.23. The summed E-state index contributed by atoms with van der Waals surface area (Å²) in [5.41, 5.74) is 0.981. The highest BCUT2D eigenvalue weighted by atomic mass is 32.1. The highest BCUT2D eigenvalue weighted by Crippen LogP contribution is 2.34. The molecule has 0 bridgehead atoms. The largest absolute Gasteiger partial charge is 0.299 e. The molecule has 3 heterocycles. The first-order valence-corrected chi connectivity index (χ1v) is 9.86. The van der Waals surface area contributed by atoms with Crippen LogP contribution in [0.1, 0.15) is 41.8 Å². The van der Waals surface area contributed by atoms with E-state index in [9.17, 15) is 9.59 Å². The lowest BCUT2D eigenvalue weighted by molar-refractivity contribution is -0.118. The summed E-state index contributed by atoms with van der Waals surface area (Å²) in [6, 6.07) is -0.671. The van der Waals surface area contributed by atoms with Crippen LogP contribution >= 0.6 is 22.7 Å². The van der Waals surface area contributed by atoms with Gasteiger partial charge in [0.05, 0.1) is 11.7 Å². The summed E-state index contributed by atoms with van der Waals surface area (Å²) in [6.45, 7) is 3.67. The first-order chi connectivity index (χ1) is 12.1. The SMILES string of the molecule is CCc1nnc(NC(=O)C(C)n2cnc3sc4c(c3c2=O)CCC4)s1. The molecule has 7 nitrogen and oxygen atoms in total. The fourth-order valence-electron chi connectivity index (χ4n) is 3.06. The van der Waals surface area contributed by atoms with Crippen molar-refractivity contribution in [2.75, 3.05) is 5.32 Å². The molecular formula is C16H17N5O2S2. The smallest absolute Gasteiger partial charge is 0.263 e. The van der Waals surface area contributed by atoms with Crippen LogP contribution in [-0.2, 0) is 24.1 Å². The molecule has 0 aromatic carbocycles. The standard InChI is InChI=1S/C16H17N5O2S2/c1-3-11-19-20-16(25-11)18-13(22)8(2)21-7-17-14-12(15(21)23)9-5-4-6-10(9)24-14/h7-8H,3-6H2,1-2H3,(H,18,20,22). The third-order valence-electron chi connectivity index (χ3n) is 4.45. The highest BCUT2D eigenvalue weighted by Gasteiger charge is 2.24. The molecule has 1 atom stereocenters. The molecule has 1 aliphatic rings. The van der Waals surface area contributed by atoms with Crippen LogP contribution in [0.4, 0.5) is 5.13 Å². The zero-order chi connectivity index (χ0) is 17.6. The minimum absolute atomic E-state index is 0.140. The van der Waals surface area contributed by atoms with Gasteiger partial charge in [0.25, 0.3) is 5.56 Å². The molecule has 0 fully saturated rings. The molecule has 1 amide bonds. The highest BCUT2D eigenvalue weighted by molar-refractivity contribution is 7.18. The average molecular weight is 375 g/mol. The lowest BCUT2D eigenvalue weighted by atomic mass is 10.2. The minimum Gasteiger partial charge on any atom is -0.299 e. The van der Waals surface area contributed by atoms with E-state index in [0.717, 1.165) is 41.1 Å².